The van der Waals surface area contributed by atoms with E-state index in [2.05, 4.69) is 10.2 Å². The fourth-order valence-electron chi connectivity index (χ4n) is 2.77. The maximum absolute atomic E-state index is 9.48. The number of piperidine rings is 1. The van der Waals surface area contributed by atoms with Crippen LogP contribution in [0.1, 0.15) is 24.8 Å². The quantitative estimate of drug-likeness (QED) is 0.745. The lowest BCUT2D eigenvalue weighted by Gasteiger charge is -2.29. The zero-order valence-electron chi connectivity index (χ0n) is 12.9. The van der Waals surface area contributed by atoms with E-state index in [1.54, 1.807) is 13.2 Å². The van der Waals surface area contributed by atoms with Crippen LogP contribution in [0.5, 0.6) is 5.75 Å². The van der Waals surface area contributed by atoms with Gasteiger partial charge in [0.1, 0.15) is 5.75 Å². The molecular weight excluding hydrogens is 323 g/mol. The van der Waals surface area contributed by atoms with Crippen molar-refractivity contribution in [3.05, 3.63) is 27.7 Å². The fraction of sp³-hybridized carbons (Fsp3) is 0.625. The molecule has 0 aliphatic carbocycles. The third kappa shape index (κ3) is 5.28. The summed E-state index contributed by atoms with van der Waals surface area (Å²) in [5.74, 6) is 0.684. The van der Waals surface area contributed by atoms with Gasteiger partial charge in [-0.05, 0) is 44.5 Å². The van der Waals surface area contributed by atoms with Crippen molar-refractivity contribution in [2.24, 2.45) is 0 Å². The Morgan fingerprint density at radius 2 is 2.05 bits per heavy atom. The molecule has 1 heterocycles. The first-order chi connectivity index (χ1) is 10.6. The summed E-state index contributed by atoms with van der Waals surface area (Å²) >= 11 is 12.2. The second-order valence-corrected chi connectivity index (χ2v) is 6.53. The standard InChI is InChI=1S/C16H24Cl2N2O2/c1-22-16-12(9-13(17)10-15(16)18)11-19-5-2-6-20-7-3-14(21)4-8-20/h9-10,14,19,21H,2-8,11H2,1H3. The molecule has 1 saturated heterocycles. The molecule has 0 unspecified atom stereocenters. The highest BCUT2D eigenvalue weighted by atomic mass is 35.5. The summed E-state index contributed by atoms with van der Waals surface area (Å²) in [7, 11) is 1.61. The summed E-state index contributed by atoms with van der Waals surface area (Å²) < 4.78 is 5.33. The van der Waals surface area contributed by atoms with Crippen LogP contribution < -0.4 is 10.1 Å². The molecule has 1 aliphatic rings. The average Bonchev–Trinajstić information content (AvgIpc) is 2.48. The van der Waals surface area contributed by atoms with Gasteiger partial charge in [-0.15, -0.1) is 0 Å². The zero-order valence-corrected chi connectivity index (χ0v) is 14.5. The van der Waals surface area contributed by atoms with Gasteiger partial charge in [-0.3, -0.25) is 0 Å². The number of likely N-dealkylation sites (tertiary alicyclic amines) is 1. The summed E-state index contributed by atoms with van der Waals surface area (Å²) in [5, 5.41) is 14.1. The first-order valence-corrected chi connectivity index (χ1v) is 8.49. The zero-order chi connectivity index (χ0) is 15.9. The summed E-state index contributed by atoms with van der Waals surface area (Å²) in [6, 6.07) is 3.57. The molecule has 2 N–H and O–H groups in total. The molecule has 2 rings (SSSR count). The number of ether oxygens (including phenoxy) is 1. The van der Waals surface area contributed by atoms with Gasteiger partial charge in [0, 0.05) is 30.2 Å². The minimum atomic E-state index is -0.102. The van der Waals surface area contributed by atoms with E-state index in [-0.39, 0.29) is 6.10 Å². The van der Waals surface area contributed by atoms with Crippen LogP contribution in [0.15, 0.2) is 12.1 Å². The SMILES string of the molecule is COc1c(Cl)cc(Cl)cc1CNCCCN1CCC(O)CC1. The summed E-state index contributed by atoms with van der Waals surface area (Å²) in [4.78, 5) is 2.41. The van der Waals surface area contributed by atoms with Crippen LogP contribution >= 0.6 is 23.2 Å². The molecule has 0 atom stereocenters. The lowest BCUT2D eigenvalue weighted by Crippen LogP contribution is -2.37. The Hall–Kier alpha value is -0.520. The van der Waals surface area contributed by atoms with Gasteiger partial charge in [-0.2, -0.15) is 0 Å². The molecule has 22 heavy (non-hydrogen) atoms. The van der Waals surface area contributed by atoms with Gasteiger partial charge >= 0.3 is 0 Å². The highest BCUT2D eigenvalue weighted by Crippen LogP contribution is 2.32. The molecule has 4 nitrogen and oxygen atoms in total. The van der Waals surface area contributed by atoms with Gasteiger partial charge in [0.05, 0.1) is 18.2 Å². The maximum Gasteiger partial charge on any atom is 0.142 e. The Morgan fingerprint density at radius 3 is 2.73 bits per heavy atom. The summed E-state index contributed by atoms with van der Waals surface area (Å²) in [5.41, 5.74) is 0.973. The van der Waals surface area contributed by atoms with Crippen LogP contribution in [0.4, 0.5) is 0 Å². The molecule has 0 radical (unpaired) electrons. The van der Waals surface area contributed by atoms with E-state index in [1.165, 1.54) is 0 Å². The van der Waals surface area contributed by atoms with Crippen molar-refractivity contribution in [2.45, 2.75) is 31.9 Å². The fourth-order valence-corrected chi connectivity index (χ4v) is 3.38. The highest BCUT2D eigenvalue weighted by molar-refractivity contribution is 6.35. The average molecular weight is 347 g/mol. The van der Waals surface area contributed by atoms with Gasteiger partial charge in [0.2, 0.25) is 0 Å². The molecule has 6 heteroatoms. The van der Waals surface area contributed by atoms with Gasteiger partial charge < -0.3 is 20.1 Å². The van der Waals surface area contributed by atoms with Gasteiger partial charge in [-0.25, -0.2) is 0 Å². The predicted molar refractivity (Wildman–Crippen MR) is 91.0 cm³/mol. The van der Waals surface area contributed by atoms with Crippen LogP contribution in [0, 0.1) is 0 Å². The van der Waals surface area contributed by atoms with Gasteiger partial charge in [0.15, 0.2) is 0 Å². The predicted octanol–water partition coefficient (Wildman–Crippen LogP) is 2.94. The Morgan fingerprint density at radius 1 is 1.32 bits per heavy atom. The van der Waals surface area contributed by atoms with Crippen LogP contribution in [-0.4, -0.2) is 49.4 Å². The van der Waals surface area contributed by atoms with E-state index in [1.807, 2.05) is 6.07 Å². The number of methoxy groups -OCH3 is 1. The largest absolute Gasteiger partial charge is 0.495 e. The van der Waals surface area contributed by atoms with E-state index in [4.69, 9.17) is 27.9 Å². The summed E-state index contributed by atoms with van der Waals surface area (Å²) in [6.45, 7) is 4.67. The normalized spacial score (nSPS) is 16.9. The molecule has 0 aromatic heterocycles. The van der Waals surface area contributed by atoms with Crippen molar-refractivity contribution in [1.29, 1.82) is 0 Å². The first-order valence-electron chi connectivity index (χ1n) is 7.73. The molecule has 0 saturated carbocycles. The lowest BCUT2D eigenvalue weighted by atomic mass is 10.1. The number of nitrogens with one attached hydrogen (secondary N) is 1. The van der Waals surface area contributed by atoms with E-state index in [0.717, 1.165) is 51.0 Å². The van der Waals surface area contributed by atoms with Crippen LogP contribution in [0.3, 0.4) is 0 Å². The highest BCUT2D eigenvalue weighted by Gasteiger charge is 2.16. The second kappa shape index (κ2) is 8.94. The Kier molecular flexibility index (Phi) is 7.25. The third-order valence-corrected chi connectivity index (χ3v) is 4.49. The molecule has 1 aromatic carbocycles. The Balaban J connectivity index is 1.70. The second-order valence-electron chi connectivity index (χ2n) is 5.68. The van der Waals surface area contributed by atoms with Crippen LogP contribution in [0.25, 0.3) is 0 Å². The number of halogens is 2. The van der Waals surface area contributed by atoms with Gasteiger partial charge in [0.25, 0.3) is 0 Å². The van der Waals surface area contributed by atoms with E-state index in [0.29, 0.717) is 22.3 Å². The first kappa shape index (κ1) is 17.8. The smallest absolute Gasteiger partial charge is 0.142 e. The monoisotopic (exact) mass is 346 g/mol. The van der Waals surface area contributed by atoms with Crippen molar-refractivity contribution in [2.75, 3.05) is 33.3 Å². The van der Waals surface area contributed by atoms with E-state index >= 15 is 0 Å². The van der Waals surface area contributed by atoms with E-state index in [9.17, 15) is 5.11 Å². The van der Waals surface area contributed by atoms with Crippen LogP contribution in [-0.2, 0) is 6.54 Å². The van der Waals surface area contributed by atoms with Crippen molar-refractivity contribution < 1.29 is 9.84 Å². The molecule has 1 fully saturated rings. The number of benzene rings is 1. The number of hydrogen-bond donors (Lipinski definition) is 2. The van der Waals surface area contributed by atoms with Crippen molar-refractivity contribution in [1.82, 2.24) is 10.2 Å². The topological polar surface area (TPSA) is 44.7 Å². The summed E-state index contributed by atoms with van der Waals surface area (Å²) in [6.07, 6.45) is 2.76. The number of nitrogens with zero attached hydrogens (tertiary/aromatic N) is 1. The number of rotatable bonds is 7. The maximum atomic E-state index is 9.48. The molecular formula is C16H24Cl2N2O2. The molecule has 0 bridgehead atoms. The molecule has 124 valence electrons. The number of hydrogen-bond acceptors (Lipinski definition) is 4. The minimum Gasteiger partial charge on any atom is -0.495 e. The van der Waals surface area contributed by atoms with Crippen molar-refractivity contribution in [3.8, 4) is 5.75 Å². The lowest BCUT2D eigenvalue weighted by molar-refractivity contribution is 0.0821. The van der Waals surface area contributed by atoms with Crippen molar-refractivity contribution in [3.63, 3.8) is 0 Å². The van der Waals surface area contributed by atoms with E-state index < -0.39 is 0 Å². The number of aliphatic hydroxyl groups excluding tert-OH is 1. The van der Waals surface area contributed by atoms with Crippen molar-refractivity contribution >= 4 is 23.2 Å². The minimum absolute atomic E-state index is 0.102. The molecule has 0 spiro atoms. The molecule has 1 aliphatic heterocycles. The molecule has 1 aromatic rings. The van der Waals surface area contributed by atoms with Crippen LogP contribution in [0.2, 0.25) is 10.0 Å². The third-order valence-electron chi connectivity index (χ3n) is 3.99. The Labute approximate surface area is 142 Å². The van der Waals surface area contributed by atoms with Gasteiger partial charge in [-0.1, -0.05) is 23.2 Å². The Bertz CT molecular complexity index is 477. The molecule has 0 amide bonds. The number of aliphatic hydroxyl groups is 1.